The number of nitrogens with zero attached hydrogens (tertiary/aromatic N) is 3. The SMILES string of the molecule is Cc1ccc(-n2nc(C(=O)NCCCN3CCC(C)CC3)c3c2CCC3)cc1. The molecule has 1 aliphatic carbocycles. The number of hydrogen-bond donors (Lipinski definition) is 1. The van der Waals surface area contributed by atoms with Crippen molar-refractivity contribution in [1.29, 1.82) is 0 Å². The van der Waals surface area contributed by atoms with Crippen molar-refractivity contribution < 1.29 is 4.79 Å². The van der Waals surface area contributed by atoms with E-state index in [1.165, 1.54) is 37.2 Å². The van der Waals surface area contributed by atoms with E-state index in [-0.39, 0.29) is 5.91 Å². The molecule has 0 saturated carbocycles. The second kappa shape index (κ2) is 8.48. The quantitative estimate of drug-likeness (QED) is 0.780. The van der Waals surface area contributed by atoms with Gasteiger partial charge in [-0.05, 0) is 83.1 Å². The van der Waals surface area contributed by atoms with Gasteiger partial charge in [-0.1, -0.05) is 24.6 Å². The molecule has 5 nitrogen and oxygen atoms in total. The number of amides is 1. The van der Waals surface area contributed by atoms with Crippen molar-refractivity contribution in [2.75, 3.05) is 26.2 Å². The number of nitrogens with one attached hydrogen (secondary N) is 1. The lowest BCUT2D eigenvalue weighted by molar-refractivity contribution is 0.0944. The Hall–Kier alpha value is -2.14. The van der Waals surface area contributed by atoms with Gasteiger partial charge in [-0.3, -0.25) is 4.79 Å². The van der Waals surface area contributed by atoms with Crippen LogP contribution >= 0.6 is 0 Å². The number of aryl methyl sites for hydroxylation is 1. The predicted octanol–water partition coefficient (Wildman–Crippen LogP) is 3.52. The van der Waals surface area contributed by atoms with Crippen LogP contribution in [0.1, 0.15) is 59.9 Å². The molecule has 0 radical (unpaired) electrons. The van der Waals surface area contributed by atoms with Gasteiger partial charge in [0.2, 0.25) is 0 Å². The van der Waals surface area contributed by atoms with Crippen molar-refractivity contribution in [2.45, 2.75) is 52.4 Å². The molecule has 0 spiro atoms. The number of piperidine rings is 1. The maximum atomic E-state index is 12.8. The van der Waals surface area contributed by atoms with Gasteiger partial charge in [0.05, 0.1) is 5.69 Å². The molecule has 1 fully saturated rings. The zero-order valence-electron chi connectivity index (χ0n) is 17.2. The summed E-state index contributed by atoms with van der Waals surface area (Å²) in [6.45, 7) is 8.61. The van der Waals surface area contributed by atoms with Gasteiger partial charge >= 0.3 is 0 Å². The Kier molecular flexibility index (Phi) is 5.81. The van der Waals surface area contributed by atoms with E-state index in [0.29, 0.717) is 5.69 Å². The molecule has 0 unspecified atom stereocenters. The lowest BCUT2D eigenvalue weighted by Crippen LogP contribution is -2.35. The van der Waals surface area contributed by atoms with Crippen LogP contribution in [0, 0.1) is 12.8 Å². The Morgan fingerprint density at radius 1 is 1.18 bits per heavy atom. The maximum absolute atomic E-state index is 12.8. The third-order valence-electron chi connectivity index (χ3n) is 6.24. The zero-order chi connectivity index (χ0) is 19.5. The van der Waals surface area contributed by atoms with E-state index in [2.05, 4.69) is 48.3 Å². The Labute approximate surface area is 168 Å². The summed E-state index contributed by atoms with van der Waals surface area (Å²) in [5.74, 6) is 0.845. The molecule has 1 aromatic carbocycles. The van der Waals surface area contributed by atoms with Crippen LogP contribution in [0.4, 0.5) is 0 Å². The van der Waals surface area contributed by atoms with Crippen LogP contribution in [0.25, 0.3) is 5.69 Å². The molecule has 4 rings (SSSR count). The molecule has 0 bridgehead atoms. The van der Waals surface area contributed by atoms with Crippen molar-refractivity contribution >= 4 is 5.91 Å². The minimum absolute atomic E-state index is 0.0173. The van der Waals surface area contributed by atoms with E-state index in [1.807, 2.05) is 4.68 Å². The van der Waals surface area contributed by atoms with Gasteiger partial charge in [0.1, 0.15) is 0 Å². The van der Waals surface area contributed by atoms with Crippen molar-refractivity contribution in [3.8, 4) is 5.69 Å². The van der Waals surface area contributed by atoms with E-state index in [1.54, 1.807) is 0 Å². The number of hydrogen-bond acceptors (Lipinski definition) is 3. The van der Waals surface area contributed by atoms with Crippen LogP contribution in [0.3, 0.4) is 0 Å². The third-order valence-corrected chi connectivity index (χ3v) is 6.24. The number of fused-ring (bicyclic) bond motifs is 1. The van der Waals surface area contributed by atoms with Crippen LogP contribution < -0.4 is 5.32 Å². The number of rotatable bonds is 6. The fourth-order valence-corrected chi connectivity index (χ4v) is 4.39. The second-order valence-corrected chi connectivity index (χ2v) is 8.51. The first kappa shape index (κ1) is 19.2. The van der Waals surface area contributed by atoms with Gasteiger partial charge in [-0.15, -0.1) is 0 Å². The highest BCUT2D eigenvalue weighted by atomic mass is 16.1. The molecule has 5 heteroatoms. The molecule has 1 aromatic heterocycles. The number of aromatic nitrogens is 2. The van der Waals surface area contributed by atoms with E-state index in [0.717, 1.165) is 55.9 Å². The van der Waals surface area contributed by atoms with Gasteiger partial charge < -0.3 is 10.2 Å². The average Bonchev–Trinajstić information content (AvgIpc) is 3.30. The van der Waals surface area contributed by atoms with E-state index in [4.69, 9.17) is 5.10 Å². The molecule has 1 N–H and O–H groups in total. The lowest BCUT2D eigenvalue weighted by Gasteiger charge is -2.30. The van der Waals surface area contributed by atoms with Gasteiger partial charge in [0.15, 0.2) is 5.69 Å². The molecular weight excluding hydrogens is 348 g/mol. The van der Waals surface area contributed by atoms with E-state index < -0.39 is 0 Å². The van der Waals surface area contributed by atoms with Gasteiger partial charge in [0.25, 0.3) is 5.91 Å². The van der Waals surface area contributed by atoms with Crippen molar-refractivity contribution in [3.63, 3.8) is 0 Å². The first-order chi connectivity index (χ1) is 13.6. The molecule has 2 aliphatic rings. The topological polar surface area (TPSA) is 50.2 Å². The standard InChI is InChI=1S/C23H32N4O/c1-17-7-9-19(10-8-17)27-21-6-3-5-20(21)22(25-27)23(28)24-13-4-14-26-15-11-18(2)12-16-26/h7-10,18H,3-6,11-16H2,1-2H3,(H,24,28). The fraction of sp³-hybridized carbons (Fsp3) is 0.565. The summed E-state index contributed by atoms with van der Waals surface area (Å²) in [4.78, 5) is 15.3. The summed E-state index contributed by atoms with van der Waals surface area (Å²) < 4.78 is 1.98. The number of carbonyl (C=O) groups is 1. The molecule has 1 amide bonds. The summed E-state index contributed by atoms with van der Waals surface area (Å²) in [7, 11) is 0. The fourth-order valence-electron chi connectivity index (χ4n) is 4.39. The summed E-state index contributed by atoms with van der Waals surface area (Å²) in [5.41, 5.74) is 5.25. The van der Waals surface area contributed by atoms with Crippen LogP contribution in [0.5, 0.6) is 0 Å². The molecule has 1 saturated heterocycles. The normalized spacial score (nSPS) is 17.6. The van der Waals surface area contributed by atoms with Crippen LogP contribution in [-0.2, 0) is 12.8 Å². The van der Waals surface area contributed by atoms with Gasteiger partial charge in [-0.2, -0.15) is 5.10 Å². The highest BCUT2D eigenvalue weighted by Crippen LogP contribution is 2.28. The largest absolute Gasteiger partial charge is 0.351 e. The first-order valence-corrected chi connectivity index (χ1v) is 10.8. The predicted molar refractivity (Wildman–Crippen MR) is 112 cm³/mol. The Morgan fingerprint density at radius 3 is 2.68 bits per heavy atom. The summed E-state index contributed by atoms with van der Waals surface area (Å²) >= 11 is 0. The Bertz CT molecular complexity index is 816. The number of carbonyl (C=O) groups excluding carboxylic acids is 1. The summed E-state index contributed by atoms with van der Waals surface area (Å²) in [5, 5.41) is 7.81. The number of likely N-dealkylation sites (tertiary alicyclic amines) is 1. The molecule has 2 aromatic rings. The molecular formula is C23H32N4O. The highest BCUT2D eigenvalue weighted by Gasteiger charge is 2.26. The molecule has 150 valence electrons. The average molecular weight is 381 g/mol. The van der Waals surface area contributed by atoms with Crippen LogP contribution in [0.2, 0.25) is 0 Å². The van der Waals surface area contributed by atoms with Gasteiger partial charge in [0, 0.05) is 17.8 Å². The lowest BCUT2D eigenvalue weighted by atomic mass is 9.99. The molecule has 28 heavy (non-hydrogen) atoms. The Balaban J connectivity index is 1.37. The minimum atomic E-state index is -0.0173. The Morgan fingerprint density at radius 2 is 1.93 bits per heavy atom. The number of benzene rings is 1. The molecule has 1 aliphatic heterocycles. The van der Waals surface area contributed by atoms with Crippen molar-refractivity contribution in [1.82, 2.24) is 20.0 Å². The van der Waals surface area contributed by atoms with Gasteiger partial charge in [-0.25, -0.2) is 4.68 Å². The monoisotopic (exact) mass is 380 g/mol. The third kappa shape index (κ3) is 4.14. The maximum Gasteiger partial charge on any atom is 0.272 e. The first-order valence-electron chi connectivity index (χ1n) is 10.8. The van der Waals surface area contributed by atoms with Crippen molar-refractivity contribution in [2.24, 2.45) is 5.92 Å². The summed E-state index contributed by atoms with van der Waals surface area (Å²) in [6, 6.07) is 8.36. The van der Waals surface area contributed by atoms with E-state index in [9.17, 15) is 4.79 Å². The molecule has 0 atom stereocenters. The second-order valence-electron chi connectivity index (χ2n) is 8.51. The molecule has 2 heterocycles. The van der Waals surface area contributed by atoms with Crippen molar-refractivity contribution in [3.05, 3.63) is 46.8 Å². The minimum Gasteiger partial charge on any atom is -0.351 e. The van der Waals surface area contributed by atoms with Crippen LogP contribution in [0.15, 0.2) is 24.3 Å². The van der Waals surface area contributed by atoms with E-state index >= 15 is 0 Å². The zero-order valence-corrected chi connectivity index (χ0v) is 17.2. The summed E-state index contributed by atoms with van der Waals surface area (Å²) in [6.07, 6.45) is 6.66. The van der Waals surface area contributed by atoms with Crippen LogP contribution in [-0.4, -0.2) is 46.8 Å². The smallest absolute Gasteiger partial charge is 0.272 e. The highest BCUT2D eigenvalue weighted by molar-refractivity contribution is 5.94.